The molecular formula is C25H25NO2. The van der Waals surface area contributed by atoms with E-state index in [9.17, 15) is 4.79 Å². The van der Waals surface area contributed by atoms with Gasteiger partial charge in [0.05, 0.1) is 6.61 Å². The lowest BCUT2D eigenvalue weighted by molar-refractivity contribution is 0.103. The summed E-state index contributed by atoms with van der Waals surface area (Å²) < 4.78 is 5.71. The monoisotopic (exact) mass is 371 g/mol. The van der Waals surface area contributed by atoms with E-state index in [2.05, 4.69) is 42.6 Å². The number of unbranched alkanes of at least 4 members (excludes halogenated alkanes) is 1. The lowest BCUT2D eigenvalue weighted by atomic mass is 9.92. The van der Waals surface area contributed by atoms with Gasteiger partial charge in [-0.3, -0.25) is 4.79 Å². The van der Waals surface area contributed by atoms with Gasteiger partial charge in [-0.1, -0.05) is 49.7 Å². The topological polar surface area (TPSA) is 38.3 Å². The normalized spacial score (nSPS) is 12.3. The molecule has 0 spiro atoms. The van der Waals surface area contributed by atoms with E-state index in [0.29, 0.717) is 12.2 Å². The molecule has 3 heteroatoms. The maximum absolute atomic E-state index is 13.2. The number of hydrogen-bond acceptors (Lipinski definition) is 3. The van der Waals surface area contributed by atoms with Crippen LogP contribution in [0.15, 0.2) is 66.7 Å². The van der Waals surface area contributed by atoms with E-state index >= 15 is 0 Å². The standard InChI is InChI=1S/C25H25NO2/c1-2-3-15-28-21-13-11-18(12-14-21)25(27)22-9-6-10-24-23(22)16-19-7-4-5-8-20(19)17-26-24/h4-14,26H,2-3,15-17H2,1H3. The predicted molar refractivity (Wildman–Crippen MR) is 113 cm³/mol. The highest BCUT2D eigenvalue weighted by Gasteiger charge is 2.20. The summed E-state index contributed by atoms with van der Waals surface area (Å²) in [5, 5.41) is 3.49. The molecule has 0 amide bonds. The Morgan fingerprint density at radius 3 is 2.54 bits per heavy atom. The van der Waals surface area contributed by atoms with Crippen LogP contribution in [0.1, 0.15) is 52.4 Å². The molecule has 1 aliphatic heterocycles. The summed E-state index contributed by atoms with van der Waals surface area (Å²) in [6.07, 6.45) is 2.90. The lowest BCUT2D eigenvalue weighted by Gasteiger charge is -2.13. The van der Waals surface area contributed by atoms with Gasteiger partial charge in [0.2, 0.25) is 0 Å². The molecular weight excluding hydrogens is 346 g/mol. The summed E-state index contributed by atoms with van der Waals surface area (Å²) in [4.78, 5) is 13.2. The average molecular weight is 371 g/mol. The van der Waals surface area contributed by atoms with Crippen molar-refractivity contribution in [2.24, 2.45) is 0 Å². The van der Waals surface area contributed by atoms with Crippen molar-refractivity contribution >= 4 is 11.5 Å². The third-order valence-corrected chi connectivity index (χ3v) is 5.26. The third-order valence-electron chi connectivity index (χ3n) is 5.26. The number of hydrogen-bond donors (Lipinski definition) is 1. The van der Waals surface area contributed by atoms with Crippen LogP contribution in [0.25, 0.3) is 0 Å². The van der Waals surface area contributed by atoms with Crippen molar-refractivity contribution in [3.05, 3.63) is 94.5 Å². The van der Waals surface area contributed by atoms with Gasteiger partial charge in [0.1, 0.15) is 5.75 Å². The quantitative estimate of drug-likeness (QED) is 0.452. The maximum Gasteiger partial charge on any atom is 0.193 e. The second-order valence-corrected chi connectivity index (χ2v) is 7.19. The van der Waals surface area contributed by atoms with E-state index in [1.54, 1.807) is 0 Å². The Kier molecular flexibility index (Phi) is 5.43. The first-order chi connectivity index (χ1) is 13.8. The predicted octanol–water partition coefficient (Wildman–Crippen LogP) is 5.61. The highest BCUT2D eigenvalue weighted by atomic mass is 16.5. The molecule has 0 saturated carbocycles. The van der Waals surface area contributed by atoms with E-state index in [4.69, 9.17) is 4.74 Å². The number of carbonyl (C=O) groups is 1. The molecule has 1 aliphatic rings. The Morgan fingerprint density at radius 2 is 1.75 bits per heavy atom. The van der Waals surface area contributed by atoms with Gasteiger partial charge in [-0.2, -0.15) is 0 Å². The fourth-order valence-electron chi connectivity index (χ4n) is 3.63. The Balaban J connectivity index is 1.61. The van der Waals surface area contributed by atoms with Gasteiger partial charge in [-0.25, -0.2) is 0 Å². The molecule has 142 valence electrons. The molecule has 0 aromatic heterocycles. The van der Waals surface area contributed by atoms with Gasteiger partial charge in [-0.15, -0.1) is 0 Å². The summed E-state index contributed by atoms with van der Waals surface area (Å²) >= 11 is 0. The van der Waals surface area contributed by atoms with Crippen LogP contribution in [0.3, 0.4) is 0 Å². The van der Waals surface area contributed by atoms with Crippen LogP contribution in [0.5, 0.6) is 5.75 Å². The number of benzene rings is 3. The molecule has 28 heavy (non-hydrogen) atoms. The summed E-state index contributed by atoms with van der Waals surface area (Å²) in [5.41, 5.74) is 6.12. The van der Waals surface area contributed by atoms with Crippen LogP contribution in [-0.2, 0) is 13.0 Å². The fourth-order valence-corrected chi connectivity index (χ4v) is 3.63. The van der Waals surface area contributed by atoms with Crippen LogP contribution in [0, 0.1) is 0 Å². The Labute approximate surface area is 166 Å². The van der Waals surface area contributed by atoms with Gasteiger partial charge < -0.3 is 10.1 Å². The average Bonchev–Trinajstić information content (AvgIpc) is 2.93. The zero-order valence-electron chi connectivity index (χ0n) is 16.2. The SMILES string of the molecule is CCCCOc1ccc(C(=O)c2cccc3c2Cc2ccccc2CN3)cc1. The van der Waals surface area contributed by atoms with E-state index in [0.717, 1.165) is 48.4 Å². The van der Waals surface area contributed by atoms with Crippen LogP contribution < -0.4 is 10.1 Å². The molecule has 0 radical (unpaired) electrons. The number of fused-ring (bicyclic) bond motifs is 2. The van der Waals surface area contributed by atoms with Crippen molar-refractivity contribution in [2.45, 2.75) is 32.7 Å². The number of anilines is 1. The van der Waals surface area contributed by atoms with Crippen LogP contribution >= 0.6 is 0 Å². The number of nitrogens with one attached hydrogen (secondary N) is 1. The van der Waals surface area contributed by atoms with Crippen LogP contribution in [-0.4, -0.2) is 12.4 Å². The molecule has 4 rings (SSSR count). The van der Waals surface area contributed by atoms with Crippen molar-refractivity contribution in [3.63, 3.8) is 0 Å². The first-order valence-electron chi connectivity index (χ1n) is 9.96. The van der Waals surface area contributed by atoms with Crippen molar-refractivity contribution < 1.29 is 9.53 Å². The molecule has 0 aliphatic carbocycles. The first kappa shape index (κ1) is 18.3. The van der Waals surface area contributed by atoms with Crippen molar-refractivity contribution in [1.29, 1.82) is 0 Å². The summed E-state index contributed by atoms with van der Waals surface area (Å²) in [6, 6.07) is 21.9. The van der Waals surface area contributed by atoms with Crippen molar-refractivity contribution in [1.82, 2.24) is 0 Å². The highest BCUT2D eigenvalue weighted by molar-refractivity contribution is 6.10. The Hall–Kier alpha value is -3.07. The molecule has 1 heterocycles. The molecule has 0 bridgehead atoms. The molecule has 3 aromatic rings. The Bertz CT molecular complexity index is 976. The molecule has 0 fully saturated rings. The number of carbonyl (C=O) groups excluding carboxylic acids is 1. The van der Waals surface area contributed by atoms with E-state index in [1.807, 2.05) is 36.4 Å². The molecule has 3 aromatic carbocycles. The first-order valence-corrected chi connectivity index (χ1v) is 9.96. The Morgan fingerprint density at radius 1 is 0.964 bits per heavy atom. The van der Waals surface area contributed by atoms with Crippen molar-refractivity contribution in [3.8, 4) is 5.75 Å². The summed E-state index contributed by atoms with van der Waals surface area (Å²) in [7, 11) is 0. The van der Waals surface area contributed by atoms with Gasteiger partial charge in [0, 0.05) is 29.8 Å². The van der Waals surface area contributed by atoms with E-state index in [1.165, 1.54) is 11.1 Å². The van der Waals surface area contributed by atoms with Gasteiger partial charge in [0.25, 0.3) is 0 Å². The largest absolute Gasteiger partial charge is 0.494 e. The minimum atomic E-state index is 0.0538. The summed E-state index contributed by atoms with van der Waals surface area (Å²) in [6.45, 7) is 3.63. The van der Waals surface area contributed by atoms with Gasteiger partial charge >= 0.3 is 0 Å². The zero-order chi connectivity index (χ0) is 19.3. The van der Waals surface area contributed by atoms with Crippen molar-refractivity contribution in [2.75, 3.05) is 11.9 Å². The number of ketones is 1. The molecule has 1 N–H and O–H groups in total. The lowest BCUT2D eigenvalue weighted by Crippen LogP contribution is -2.08. The smallest absolute Gasteiger partial charge is 0.193 e. The van der Waals surface area contributed by atoms with E-state index < -0.39 is 0 Å². The molecule has 0 unspecified atom stereocenters. The van der Waals surface area contributed by atoms with Gasteiger partial charge in [-0.05, 0) is 53.4 Å². The molecule has 0 saturated heterocycles. The van der Waals surface area contributed by atoms with Gasteiger partial charge in [0.15, 0.2) is 5.78 Å². The molecule has 0 atom stereocenters. The maximum atomic E-state index is 13.2. The molecule has 3 nitrogen and oxygen atoms in total. The minimum Gasteiger partial charge on any atom is -0.494 e. The second-order valence-electron chi connectivity index (χ2n) is 7.19. The van der Waals surface area contributed by atoms with Crippen LogP contribution in [0.4, 0.5) is 5.69 Å². The third kappa shape index (κ3) is 3.79. The minimum absolute atomic E-state index is 0.0538. The summed E-state index contributed by atoms with van der Waals surface area (Å²) in [5.74, 6) is 0.866. The van der Waals surface area contributed by atoms with E-state index in [-0.39, 0.29) is 5.78 Å². The number of rotatable bonds is 6. The zero-order valence-corrected chi connectivity index (χ0v) is 16.2. The second kappa shape index (κ2) is 8.30. The highest BCUT2D eigenvalue weighted by Crippen LogP contribution is 2.30. The fraction of sp³-hybridized carbons (Fsp3) is 0.240. The number of ether oxygens (including phenoxy) is 1. The van der Waals surface area contributed by atoms with Crippen LogP contribution in [0.2, 0.25) is 0 Å².